The van der Waals surface area contributed by atoms with E-state index in [9.17, 15) is 0 Å². The molecule has 0 atom stereocenters. The van der Waals surface area contributed by atoms with Crippen molar-refractivity contribution in [3.63, 3.8) is 0 Å². The van der Waals surface area contributed by atoms with Crippen molar-refractivity contribution < 1.29 is 14.5 Å². The van der Waals surface area contributed by atoms with Crippen LogP contribution in [0.15, 0.2) is 0 Å². The molecule has 0 spiro atoms. The lowest BCUT2D eigenvalue weighted by Gasteiger charge is -2.25. The van der Waals surface area contributed by atoms with Crippen LogP contribution in [0.2, 0.25) is 0 Å². The average Bonchev–Trinajstić information content (AvgIpc) is 2.14. The molecule has 0 aromatic carbocycles. The number of nitrogens with zero attached hydrogens (tertiary/aromatic N) is 1. The molecule has 0 N–H and O–H groups in total. The van der Waals surface area contributed by atoms with E-state index in [0.717, 1.165) is 32.8 Å². The lowest BCUT2D eigenvalue weighted by molar-refractivity contribution is -0.292. The molecule has 0 aliphatic carbocycles. The van der Waals surface area contributed by atoms with Crippen LogP contribution in [0.4, 0.5) is 0 Å². The summed E-state index contributed by atoms with van der Waals surface area (Å²) in [6.45, 7) is 7.81. The number of morpholine rings is 1. The second-order valence-corrected chi connectivity index (χ2v) is 2.68. The summed E-state index contributed by atoms with van der Waals surface area (Å²) in [5.74, 6) is 0. The smallest absolute Gasteiger partial charge is 0.0949 e. The Morgan fingerprint density at radius 1 is 1.25 bits per heavy atom. The number of hydrogen-bond acceptors (Lipinski definition) is 4. The van der Waals surface area contributed by atoms with Crippen LogP contribution in [-0.4, -0.2) is 51.0 Å². The molecule has 4 nitrogen and oxygen atoms in total. The van der Waals surface area contributed by atoms with E-state index in [1.165, 1.54) is 0 Å². The first-order chi connectivity index (χ1) is 5.93. The summed E-state index contributed by atoms with van der Waals surface area (Å²) < 4.78 is 5.21. The van der Waals surface area contributed by atoms with E-state index < -0.39 is 0 Å². The lowest BCUT2D eigenvalue weighted by Crippen LogP contribution is -2.38. The van der Waals surface area contributed by atoms with Crippen molar-refractivity contribution in [3.8, 4) is 0 Å². The molecule has 0 aromatic rings. The van der Waals surface area contributed by atoms with Crippen LogP contribution in [0.1, 0.15) is 6.92 Å². The molecule has 1 aliphatic heterocycles. The molecule has 1 fully saturated rings. The third kappa shape index (κ3) is 4.01. The van der Waals surface area contributed by atoms with Crippen molar-refractivity contribution in [3.05, 3.63) is 0 Å². The molecule has 0 radical (unpaired) electrons. The Kier molecular flexibility index (Phi) is 5.27. The Balaban J connectivity index is 1.91. The molecular formula is C8H17NO3. The summed E-state index contributed by atoms with van der Waals surface area (Å²) in [4.78, 5) is 12.0. The van der Waals surface area contributed by atoms with Gasteiger partial charge in [-0.1, -0.05) is 0 Å². The first-order valence-electron chi connectivity index (χ1n) is 4.48. The molecule has 0 aromatic heterocycles. The van der Waals surface area contributed by atoms with Gasteiger partial charge in [-0.2, -0.15) is 0 Å². The fourth-order valence-corrected chi connectivity index (χ4v) is 1.13. The van der Waals surface area contributed by atoms with Gasteiger partial charge >= 0.3 is 0 Å². The first kappa shape index (κ1) is 9.92. The predicted molar refractivity (Wildman–Crippen MR) is 44.8 cm³/mol. The van der Waals surface area contributed by atoms with Gasteiger partial charge in [0.2, 0.25) is 0 Å². The van der Waals surface area contributed by atoms with Crippen LogP contribution in [0.25, 0.3) is 0 Å². The fourth-order valence-electron chi connectivity index (χ4n) is 1.13. The van der Waals surface area contributed by atoms with E-state index in [1.54, 1.807) is 0 Å². The van der Waals surface area contributed by atoms with Crippen LogP contribution >= 0.6 is 0 Å². The molecule has 72 valence electrons. The maximum absolute atomic E-state index is 5.21. The van der Waals surface area contributed by atoms with Crippen molar-refractivity contribution in [2.45, 2.75) is 6.92 Å². The average molecular weight is 175 g/mol. The van der Waals surface area contributed by atoms with Crippen LogP contribution in [0.3, 0.4) is 0 Å². The topological polar surface area (TPSA) is 30.9 Å². The molecular weight excluding hydrogens is 158 g/mol. The minimum atomic E-state index is 0.614. The molecule has 4 heteroatoms. The number of ether oxygens (including phenoxy) is 1. The largest absolute Gasteiger partial charge is 0.379 e. The minimum absolute atomic E-state index is 0.614. The third-order valence-electron chi connectivity index (χ3n) is 1.80. The second kappa shape index (κ2) is 6.37. The highest BCUT2D eigenvalue weighted by atomic mass is 17.2. The Morgan fingerprint density at radius 2 is 2.00 bits per heavy atom. The highest BCUT2D eigenvalue weighted by Crippen LogP contribution is 1.95. The van der Waals surface area contributed by atoms with E-state index in [4.69, 9.17) is 14.5 Å². The monoisotopic (exact) mass is 175 g/mol. The molecule has 0 saturated carbocycles. The molecule has 1 heterocycles. The summed E-state index contributed by atoms with van der Waals surface area (Å²) in [6, 6.07) is 0. The maximum Gasteiger partial charge on any atom is 0.0949 e. The Labute approximate surface area is 73.3 Å². The minimum Gasteiger partial charge on any atom is -0.379 e. The Bertz CT molecular complexity index is 104. The van der Waals surface area contributed by atoms with Gasteiger partial charge in [0.05, 0.1) is 26.4 Å². The van der Waals surface area contributed by atoms with Crippen molar-refractivity contribution >= 4 is 0 Å². The number of rotatable bonds is 5. The summed E-state index contributed by atoms with van der Waals surface area (Å²) >= 11 is 0. The molecule has 1 saturated heterocycles. The van der Waals surface area contributed by atoms with Crippen molar-refractivity contribution in [1.82, 2.24) is 4.90 Å². The van der Waals surface area contributed by atoms with Gasteiger partial charge in [-0.15, -0.1) is 0 Å². The summed E-state index contributed by atoms with van der Waals surface area (Å²) in [6.07, 6.45) is 0. The highest BCUT2D eigenvalue weighted by Gasteiger charge is 2.09. The second-order valence-electron chi connectivity index (χ2n) is 2.68. The Morgan fingerprint density at radius 3 is 2.67 bits per heavy atom. The zero-order valence-electron chi connectivity index (χ0n) is 7.62. The van der Waals surface area contributed by atoms with Gasteiger partial charge in [-0.25, -0.2) is 9.78 Å². The summed E-state index contributed by atoms with van der Waals surface area (Å²) in [5.41, 5.74) is 0. The van der Waals surface area contributed by atoms with Crippen molar-refractivity contribution in [1.29, 1.82) is 0 Å². The van der Waals surface area contributed by atoms with E-state index in [2.05, 4.69) is 4.90 Å². The molecule has 12 heavy (non-hydrogen) atoms. The SMILES string of the molecule is CCOOCCN1CCOCC1. The highest BCUT2D eigenvalue weighted by molar-refractivity contribution is 4.60. The van der Waals surface area contributed by atoms with Crippen LogP contribution in [0.5, 0.6) is 0 Å². The van der Waals surface area contributed by atoms with Crippen LogP contribution < -0.4 is 0 Å². The molecule has 1 aliphatic rings. The number of hydrogen-bond donors (Lipinski definition) is 0. The van der Waals surface area contributed by atoms with Crippen LogP contribution in [0, 0.1) is 0 Å². The van der Waals surface area contributed by atoms with E-state index >= 15 is 0 Å². The van der Waals surface area contributed by atoms with Gasteiger partial charge in [0, 0.05) is 19.6 Å². The van der Waals surface area contributed by atoms with E-state index in [-0.39, 0.29) is 0 Å². The first-order valence-corrected chi connectivity index (χ1v) is 4.48. The van der Waals surface area contributed by atoms with Crippen LogP contribution in [-0.2, 0) is 14.5 Å². The Hall–Kier alpha value is -0.160. The lowest BCUT2D eigenvalue weighted by atomic mass is 10.4. The molecule has 0 unspecified atom stereocenters. The summed E-state index contributed by atoms with van der Waals surface area (Å²) in [5, 5.41) is 0. The zero-order valence-corrected chi connectivity index (χ0v) is 7.62. The molecule has 1 rings (SSSR count). The van der Waals surface area contributed by atoms with Gasteiger partial charge in [0.25, 0.3) is 0 Å². The quantitative estimate of drug-likeness (QED) is 0.341. The normalized spacial score (nSPS) is 19.8. The molecule has 0 amide bonds. The van der Waals surface area contributed by atoms with Gasteiger partial charge in [0.1, 0.15) is 0 Å². The standard InChI is InChI=1S/C8H17NO3/c1-2-11-12-8-5-9-3-6-10-7-4-9/h2-8H2,1H3. The van der Waals surface area contributed by atoms with Crippen molar-refractivity contribution in [2.75, 3.05) is 46.1 Å². The van der Waals surface area contributed by atoms with Gasteiger partial charge in [-0.05, 0) is 6.92 Å². The summed E-state index contributed by atoms with van der Waals surface area (Å²) in [7, 11) is 0. The van der Waals surface area contributed by atoms with Gasteiger partial charge in [-0.3, -0.25) is 4.90 Å². The van der Waals surface area contributed by atoms with Gasteiger partial charge in [0.15, 0.2) is 0 Å². The van der Waals surface area contributed by atoms with E-state index in [0.29, 0.717) is 13.2 Å². The van der Waals surface area contributed by atoms with Gasteiger partial charge < -0.3 is 4.74 Å². The van der Waals surface area contributed by atoms with Crippen molar-refractivity contribution in [2.24, 2.45) is 0 Å². The maximum atomic E-state index is 5.21. The fraction of sp³-hybridized carbons (Fsp3) is 1.00. The third-order valence-corrected chi connectivity index (χ3v) is 1.80. The zero-order chi connectivity index (χ0) is 8.65. The predicted octanol–water partition coefficient (Wildman–Crippen LogP) is 0.287. The molecule has 0 bridgehead atoms. The van der Waals surface area contributed by atoms with E-state index in [1.807, 2.05) is 6.92 Å².